The number of halogens is 1. The monoisotopic (exact) mass is 357 g/mol. The molecule has 1 fully saturated rings. The summed E-state index contributed by atoms with van der Waals surface area (Å²) < 4.78 is 1.55. The molecule has 3 aromatic rings. The number of amides is 1. The van der Waals surface area contributed by atoms with Gasteiger partial charge in [0.05, 0.1) is 22.3 Å². The van der Waals surface area contributed by atoms with Crippen LogP contribution < -0.4 is 0 Å². The number of nitrogens with one attached hydrogen (secondary N) is 1. The van der Waals surface area contributed by atoms with Gasteiger partial charge in [0.2, 0.25) is 0 Å². The van der Waals surface area contributed by atoms with Crippen molar-refractivity contribution < 1.29 is 4.79 Å². The number of piperidine rings is 1. The number of para-hydroxylation sites is 2. The Balaban J connectivity index is 1.59. The molecule has 0 bridgehead atoms. The maximum absolute atomic E-state index is 13.0. The highest BCUT2D eigenvalue weighted by Gasteiger charge is 2.30. The molecule has 2 aromatic heterocycles. The van der Waals surface area contributed by atoms with E-state index in [0.717, 1.165) is 36.2 Å². The van der Waals surface area contributed by atoms with Gasteiger partial charge in [0, 0.05) is 26.1 Å². The number of aromatic nitrogens is 4. The molecule has 0 spiro atoms. The van der Waals surface area contributed by atoms with Gasteiger partial charge in [-0.1, -0.05) is 23.7 Å². The van der Waals surface area contributed by atoms with Crippen LogP contribution in [-0.4, -0.2) is 43.6 Å². The number of aromatic amines is 1. The zero-order chi connectivity index (χ0) is 17.6. The number of carbonyl (C=O) groups excluding carboxylic acids is 1. The van der Waals surface area contributed by atoms with Crippen molar-refractivity contribution in [2.75, 3.05) is 13.1 Å². The maximum Gasteiger partial charge on any atom is 0.258 e. The van der Waals surface area contributed by atoms with E-state index in [1.807, 2.05) is 36.1 Å². The van der Waals surface area contributed by atoms with Gasteiger partial charge in [-0.05, 0) is 31.9 Å². The fraction of sp³-hybridized carbons (Fsp3) is 0.389. The van der Waals surface area contributed by atoms with Gasteiger partial charge in [-0.25, -0.2) is 4.98 Å². The highest BCUT2D eigenvalue weighted by Crippen LogP contribution is 2.29. The first kappa shape index (κ1) is 16.1. The number of fused-ring (bicyclic) bond motifs is 1. The van der Waals surface area contributed by atoms with Crippen LogP contribution >= 0.6 is 11.6 Å². The third-order valence-electron chi connectivity index (χ3n) is 4.87. The molecule has 1 aromatic carbocycles. The summed E-state index contributed by atoms with van der Waals surface area (Å²) in [6, 6.07) is 8.00. The second-order valence-electron chi connectivity index (χ2n) is 6.60. The second-order valence-corrected chi connectivity index (χ2v) is 6.96. The first-order valence-corrected chi connectivity index (χ1v) is 8.85. The molecule has 6 nitrogen and oxygen atoms in total. The summed E-state index contributed by atoms with van der Waals surface area (Å²) in [4.78, 5) is 22.9. The molecule has 1 aliphatic heterocycles. The van der Waals surface area contributed by atoms with E-state index in [-0.39, 0.29) is 11.8 Å². The van der Waals surface area contributed by atoms with Crippen molar-refractivity contribution in [3.8, 4) is 0 Å². The van der Waals surface area contributed by atoms with Crippen LogP contribution in [0.15, 0.2) is 24.3 Å². The largest absolute Gasteiger partial charge is 0.342 e. The van der Waals surface area contributed by atoms with Crippen LogP contribution in [0.3, 0.4) is 0 Å². The summed E-state index contributed by atoms with van der Waals surface area (Å²) in [5.74, 6) is 1.12. The number of aryl methyl sites for hydroxylation is 2. The second kappa shape index (κ2) is 6.19. The normalized spacial score (nSPS) is 18.0. The number of nitrogens with zero attached hydrogens (tertiary/aromatic N) is 4. The summed E-state index contributed by atoms with van der Waals surface area (Å²) in [5, 5.41) is 4.65. The Hall–Kier alpha value is -2.34. The van der Waals surface area contributed by atoms with Crippen LogP contribution in [-0.2, 0) is 7.05 Å². The highest BCUT2D eigenvalue weighted by atomic mass is 35.5. The molecule has 1 saturated heterocycles. The standard InChI is InChI=1S/C18H20ClN5O/c1-11-15(16(19)23(2)22-11)18(25)24-9-5-6-12(10-24)17-20-13-7-3-4-8-14(13)21-17/h3-4,7-8,12H,5-6,9-10H2,1-2H3,(H,20,21). The third-order valence-corrected chi connectivity index (χ3v) is 5.30. The number of imidazole rings is 1. The smallest absolute Gasteiger partial charge is 0.258 e. The molecule has 0 radical (unpaired) electrons. The summed E-state index contributed by atoms with van der Waals surface area (Å²) in [6.45, 7) is 3.20. The Labute approximate surface area is 150 Å². The predicted molar refractivity (Wildman–Crippen MR) is 96.9 cm³/mol. The molecule has 1 N–H and O–H groups in total. The van der Waals surface area contributed by atoms with E-state index < -0.39 is 0 Å². The van der Waals surface area contributed by atoms with Crippen molar-refractivity contribution in [3.63, 3.8) is 0 Å². The lowest BCUT2D eigenvalue weighted by Crippen LogP contribution is -2.39. The van der Waals surface area contributed by atoms with E-state index in [2.05, 4.69) is 10.1 Å². The van der Waals surface area contributed by atoms with Crippen LogP contribution in [0.1, 0.15) is 40.6 Å². The minimum Gasteiger partial charge on any atom is -0.342 e. The molecular formula is C18H20ClN5O. The number of likely N-dealkylation sites (tertiary alicyclic amines) is 1. The molecule has 0 aliphatic carbocycles. The average Bonchev–Trinajstić information content (AvgIpc) is 3.15. The molecule has 3 heterocycles. The van der Waals surface area contributed by atoms with E-state index >= 15 is 0 Å². The van der Waals surface area contributed by atoms with Crippen LogP contribution in [0, 0.1) is 6.92 Å². The number of carbonyl (C=O) groups is 1. The minimum atomic E-state index is -0.0450. The van der Waals surface area contributed by atoms with Gasteiger partial charge in [0.1, 0.15) is 11.0 Å². The van der Waals surface area contributed by atoms with Gasteiger partial charge < -0.3 is 9.88 Å². The van der Waals surface area contributed by atoms with Gasteiger partial charge in [0.15, 0.2) is 0 Å². The zero-order valence-corrected chi connectivity index (χ0v) is 15.0. The molecule has 4 rings (SSSR count). The van der Waals surface area contributed by atoms with Gasteiger partial charge >= 0.3 is 0 Å². The van der Waals surface area contributed by atoms with E-state index in [1.54, 1.807) is 11.7 Å². The lowest BCUT2D eigenvalue weighted by Gasteiger charge is -2.31. The first-order valence-electron chi connectivity index (χ1n) is 8.47. The summed E-state index contributed by atoms with van der Waals surface area (Å²) >= 11 is 6.27. The van der Waals surface area contributed by atoms with Crippen molar-refractivity contribution in [3.05, 3.63) is 46.5 Å². The molecule has 1 amide bonds. The summed E-state index contributed by atoms with van der Waals surface area (Å²) in [5.41, 5.74) is 3.18. The highest BCUT2D eigenvalue weighted by molar-refractivity contribution is 6.33. The third kappa shape index (κ3) is 2.80. The topological polar surface area (TPSA) is 66.8 Å². The quantitative estimate of drug-likeness (QED) is 0.765. The lowest BCUT2D eigenvalue weighted by molar-refractivity contribution is 0.0704. The van der Waals surface area contributed by atoms with E-state index in [1.165, 1.54) is 0 Å². The van der Waals surface area contributed by atoms with E-state index in [0.29, 0.717) is 23.0 Å². The number of rotatable bonds is 2. The fourth-order valence-electron chi connectivity index (χ4n) is 3.58. The van der Waals surface area contributed by atoms with Crippen LogP contribution in [0.2, 0.25) is 5.15 Å². The SMILES string of the molecule is Cc1nn(C)c(Cl)c1C(=O)N1CCCC(c2nc3ccccc3[nH]2)C1. The molecule has 1 aliphatic rings. The van der Waals surface area contributed by atoms with Crippen molar-refractivity contribution in [2.24, 2.45) is 7.05 Å². The van der Waals surface area contributed by atoms with Crippen molar-refractivity contribution in [1.82, 2.24) is 24.6 Å². The van der Waals surface area contributed by atoms with E-state index in [4.69, 9.17) is 16.6 Å². The molecule has 7 heteroatoms. The van der Waals surface area contributed by atoms with Gasteiger partial charge in [-0.3, -0.25) is 9.48 Å². The maximum atomic E-state index is 13.0. The van der Waals surface area contributed by atoms with E-state index in [9.17, 15) is 4.79 Å². The van der Waals surface area contributed by atoms with Gasteiger partial charge in [-0.15, -0.1) is 0 Å². The first-order chi connectivity index (χ1) is 12.0. The van der Waals surface area contributed by atoms with Gasteiger partial charge in [-0.2, -0.15) is 5.10 Å². The average molecular weight is 358 g/mol. The van der Waals surface area contributed by atoms with Crippen LogP contribution in [0.5, 0.6) is 0 Å². The van der Waals surface area contributed by atoms with Crippen molar-refractivity contribution in [1.29, 1.82) is 0 Å². The molecular weight excluding hydrogens is 338 g/mol. The summed E-state index contributed by atoms with van der Waals surface area (Å²) in [6.07, 6.45) is 1.97. The molecule has 0 saturated carbocycles. The van der Waals surface area contributed by atoms with Crippen LogP contribution in [0.25, 0.3) is 11.0 Å². The molecule has 25 heavy (non-hydrogen) atoms. The molecule has 1 unspecified atom stereocenters. The lowest BCUT2D eigenvalue weighted by atomic mass is 9.97. The fourth-order valence-corrected chi connectivity index (χ4v) is 3.84. The predicted octanol–water partition coefficient (Wildman–Crippen LogP) is 3.28. The number of H-pyrrole nitrogens is 1. The minimum absolute atomic E-state index is 0.0450. The Morgan fingerprint density at radius 2 is 2.16 bits per heavy atom. The Morgan fingerprint density at radius 3 is 2.88 bits per heavy atom. The number of hydrogen-bond acceptors (Lipinski definition) is 3. The van der Waals surface area contributed by atoms with Crippen molar-refractivity contribution >= 4 is 28.5 Å². The Morgan fingerprint density at radius 1 is 1.36 bits per heavy atom. The van der Waals surface area contributed by atoms with Gasteiger partial charge in [0.25, 0.3) is 5.91 Å². The van der Waals surface area contributed by atoms with Crippen LogP contribution in [0.4, 0.5) is 0 Å². The molecule has 1 atom stereocenters. The zero-order valence-electron chi connectivity index (χ0n) is 14.3. The Bertz CT molecular complexity index is 911. The number of hydrogen-bond donors (Lipinski definition) is 1. The summed E-state index contributed by atoms with van der Waals surface area (Å²) in [7, 11) is 1.75. The van der Waals surface area contributed by atoms with Crippen molar-refractivity contribution in [2.45, 2.75) is 25.7 Å². The number of benzene rings is 1. The Kier molecular flexibility index (Phi) is 4.00. The molecule has 130 valence electrons.